The highest BCUT2D eigenvalue weighted by Gasteiger charge is 2.34. The number of fused-ring (bicyclic) bond motifs is 1. The predicted molar refractivity (Wildman–Crippen MR) is 149 cm³/mol. The molecular formula is C28H25BClFN8. The van der Waals surface area contributed by atoms with Crippen LogP contribution < -0.4 is 10.6 Å². The first-order valence-corrected chi connectivity index (χ1v) is 12.9. The largest absolute Gasteiger partial charge is 0.383 e. The Kier molecular flexibility index (Phi) is 6.92. The lowest BCUT2D eigenvalue weighted by Crippen LogP contribution is -2.37. The number of nitriles is 2. The van der Waals surface area contributed by atoms with E-state index in [0.29, 0.717) is 63.1 Å². The molecule has 5 rings (SSSR count). The summed E-state index contributed by atoms with van der Waals surface area (Å²) in [6.45, 7) is 4.39. The lowest BCUT2D eigenvalue weighted by atomic mass is 9.69. The lowest BCUT2D eigenvalue weighted by molar-refractivity contribution is 0.403. The zero-order valence-electron chi connectivity index (χ0n) is 21.5. The predicted octanol–water partition coefficient (Wildman–Crippen LogP) is 5.66. The molecule has 1 aliphatic rings. The van der Waals surface area contributed by atoms with Crippen molar-refractivity contribution < 1.29 is 4.39 Å². The van der Waals surface area contributed by atoms with Gasteiger partial charge >= 0.3 is 0 Å². The number of nitrogens with zero attached hydrogens (tertiary/aromatic N) is 6. The molecule has 2 N–H and O–H groups in total. The Labute approximate surface area is 232 Å². The fourth-order valence-electron chi connectivity index (χ4n) is 4.41. The molecule has 2 aromatic heterocycles. The zero-order valence-corrected chi connectivity index (χ0v) is 22.3. The van der Waals surface area contributed by atoms with E-state index in [2.05, 4.69) is 38.1 Å². The van der Waals surface area contributed by atoms with Crippen LogP contribution in [0.1, 0.15) is 56.0 Å². The fraction of sp³-hybridized carbons (Fsp3) is 0.321. The van der Waals surface area contributed by atoms with Crippen molar-refractivity contribution in [1.29, 1.82) is 10.5 Å². The first-order valence-electron chi connectivity index (χ1n) is 12.5. The molecule has 1 unspecified atom stereocenters. The number of pyridine rings is 1. The Balaban J connectivity index is 1.60. The van der Waals surface area contributed by atoms with Crippen molar-refractivity contribution in [3.63, 3.8) is 0 Å². The monoisotopic (exact) mass is 538 g/mol. The molecule has 2 radical (unpaired) electrons. The first-order chi connectivity index (χ1) is 18.6. The highest BCUT2D eigenvalue weighted by Crippen LogP contribution is 2.39. The smallest absolute Gasteiger partial charge is 0.123 e. The van der Waals surface area contributed by atoms with Gasteiger partial charge < -0.3 is 10.6 Å². The van der Waals surface area contributed by atoms with E-state index in [1.165, 1.54) is 18.3 Å². The van der Waals surface area contributed by atoms with E-state index in [-0.39, 0.29) is 11.2 Å². The van der Waals surface area contributed by atoms with Crippen molar-refractivity contribution in [2.45, 2.75) is 44.6 Å². The Hall–Kier alpha value is -4.15. The SMILES string of the molecule is [B]C(Nc1cc(Cl)c2ncc(C#N)c(NCC(C)(C)CC#N)c2c1)(c1ccc(F)cc1)c1cn(C2CC2)nn1. The molecule has 0 spiro atoms. The van der Waals surface area contributed by atoms with Crippen molar-refractivity contribution >= 4 is 41.7 Å². The Morgan fingerprint density at radius 1 is 1.21 bits per heavy atom. The summed E-state index contributed by atoms with van der Waals surface area (Å²) in [5.74, 6) is -0.387. The quantitative estimate of drug-likeness (QED) is 0.264. The second-order valence-electron chi connectivity index (χ2n) is 10.6. The molecule has 1 saturated carbocycles. The molecule has 0 bridgehead atoms. The van der Waals surface area contributed by atoms with Crippen molar-refractivity contribution in [2.24, 2.45) is 5.41 Å². The van der Waals surface area contributed by atoms with Crippen LogP contribution in [0.25, 0.3) is 10.9 Å². The molecule has 1 fully saturated rings. The van der Waals surface area contributed by atoms with E-state index in [9.17, 15) is 14.9 Å². The lowest BCUT2D eigenvalue weighted by Gasteiger charge is -2.32. The molecule has 194 valence electrons. The third kappa shape index (κ3) is 5.39. The summed E-state index contributed by atoms with van der Waals surface area (Å²) in [6.07, 6.45) is 5.67. The van der Waals surface area contributed by atoms with E-state index in [0.717, 1.165) is 12.8 Å². The number of anilines is 2. The minimum absolute atomic E-state index is 0.299. The third-order valence-electron chi connectivity index (χ3n) is 6.82. The molecule has 8 nitrogen and oxygen atoms in total. The summed E-state index contributed by atoms with van der Waals surface area (Å²) >= 11 is 6.69. The van der Waals surface area contributed by atoms with Gasteiger partial charge in [-0.25, -0.2) is 9.07 Å². The van der Waals surface area contributed by atoms with Gasteiger partial charge in [0.1, 0.15) is 25.4 Å². The van der Waals surface area contributed by atoms with E-state index in [1.807, 2.05) is 19.9 Å². The van der Waals surface area contributed by atoms with Crippen LogP contribution in [0.3, 0.4) is 0 Å². The fourth-order valence-corrected chi connectivity index (χ4v) is 4.68. The Morgan fingerprint density at radius 2 is 1.95 bits per heavy atom. The average Bonchev–Trinajstić information content (AvgIpc) is 3.63. The summed E-state index contributed by atoms with van der Waals surface area (Å²) in [6, 6.07) is 14.1. The molecular weight excluding hydrogens is 514 g/mol. The van der Waals surface area contributed by atoms with Crippen molar-refractivity contribution in [3.05, 3.63) is 76.5 Å². The van der Waals surface area contributed by atoms with E-state index < -0.39 is 5.44 Å². The van der Waals surface area contributed by atoms with Crippen LogP contribution in [-0.2, 0) is 5.44 Å². The van der Waals surface area contributed by atoms with Crippen LogP contribution >= 0.6 is 11.6 Å². The van der Waals surface area contributed by atoms with E-state index >= 15 is 0 Å². The van der Waals surface area contributed by atoms with Gasteiger partial charge in [-0.15, -0.1) is 5.10 Å². The highest BCUT2D eigenvalue weighted by atomic mass is 35.5. The maximum atomic E-state index is 13.8. The average molecular weight is 539 g/mol. The van der Waals surface area contributed by atoms with Crippen LogP contribution in [0.4, 0.5) is 15.8 Å². The third-order valence-corrected chi connectivity index (χ3v) is 7.11. The number of nitrogens with one attached hydrogen (secondary N) is 2. The van der Waals surface area contributed by atoms with Crippen LogP contribution in [-0.4, -0.2) is 34.4 Å². The van der Waals surface area contributed by atoms with Crippen LogP contribution in [0.15, 0.2) is 48.8 Å². The molecule has 39 heavy (non-hydrogen) atoms. The van der Waals surface area contributed by atoms with Gasteiger partial charge in [0, 0.05) is 30.2 Å². The molecule has 0 aliphatic heterocycles. The molecule has 0 saturated heterocycles. The van der Waals surface area contributed by atoms with Gasteiger partial charge in [-0.3, -0.25) is 4.98 Å². The molecule has 1 aliphatic carbocycles. The molecule has 2 heterocycles. The van der Waals surface area contributed by atoms with Gasteiger partial charge in [0.05, 0.1) is 45.5 Å². The minimum atomic E-state index is -1.37. The molecule has 11 heteroatoms. The van der Waals surface area contributed by atoms with Crippen molar-refractivity contribution in [1.82, 2.24) is 20.0 Å². The molecule has 0 amide bonds. The van der Waals surface area contributed by atoms with Gasteiger partial charge in [-0.2, -0.15) is 10.5 Å². The number of rotatable bonds is 9. The van der Waals surface area contributed by atoms with E-state index in [4.69, 9.17) is 19.4 Å². The van der Waals surface area contributed by atoms with Gasteiger partial charge in [0.15, 0.2) is 0 Å². The zero-order chi connectivity index (χ0) is 27.8. The van der Waals surface area contributed by atoms with Gasteiger partial charge in [-0.05, 0) is 48.1 Å². The number of hydrogen-bond donors (Lipinski definition) is 2. The number of halogens is 2. The normalized spacial score (nSPS) is 14.8. The Morgan fingerprint density at radius 3 is 2.62 bits per heavy atom. The van der Waals surface area contributed by atoms with E-state index in [1.54, 1.807) is 29.1 Å². The summed E-state index contributed by atoms with van der Waals surface area (Å²) < 4.78 is 15.6. The van der Waals surface area contributed by atoms with Crippen LogP contribution in [0, 0.1) is 33.9 Å². The first kappa shape index (κ1) is 26.5. The van der Waals surface area contributed by atoms with Crippen molar-refractivity contribution in [2.75, 3.05) is 17.2 Å². The standard InChI is InChI=1S/C28H25BClFN8/c1-27(2,9-10-32)16-35-25-17(13-33)14-34-26-22(25)11-20(12-23(26)30)36-28(29,18-3-5-19(31)6-4-18)24-15-39(38-37-24)21-7-8-21/h3-6,11-12,14-15,21,36H,7-9,16H2,1-2H3,(H,34,35). The number of hydrogen-bond acceptors (Lipinski definition) is 7. The van der Waals surface area contributed by atoms with Crippen LogP contribution in [0.5, 0.6) is 0 Å². The van der Waals surface area contributed by atoms with Crippen molar-refractivity contribution in [3.8, 4) is 12.1 Å². The topological polar surface area (TPSA) is 115 Å². The van der Waals surface area contributed by atoms with Crippen LogP contribution in [0.2, 0.25) is 5.02 Å². The second-order valence-corrected chi connectivity index (χ2v) is 11.0. The van der Waals surface area contributed by atoms with Gasteiger partial charge in [-0.1, -0.05) is 42.8 Å². The molecule has 4 aromatic rings. The summed E-state index contributed by atoms with van der Waals surface area (Å²) in [7, 11) is 6.99. The summed E-state index contributed by atoms with van der Waals surface area (Å²) in [5, 5.41) is 35.3. The Bertz CT molecular complexity index is 1620. The number of aromatic nitrogens is 4. The minimum Gasteiger partial charge on any atom is -0.383 e. The maximum absolute atomic E-state index is 13.8. The van der Waals surface area contributed by atoms with Gasteiger partial charge in [0.2, 0.25) is 0 Å². The highest BCUT2D eigenvalue weighted by molar-refractivity contribution is 6.36. The van der Waals surface area contributed by atoms with Gasteiger partial charge in [0.25, 0.3) is 0 Å². The summed E-state index contributed by atoms with van der Waals surface area (Å²) in [5.41, 5.74) is 1.26. The summed E-state index contributed by atoms with van der Waals surface area (Å²) in [4.78, 5) is 4.41. The molecule has 2 aromatic carbocycles. The maximum Gasteiger partial charge on any atom is 0.123 e. The number of benzene rings is 2. The molecule has 1 atom stereocenters. The second kappa shape index (κ2) is 10.2.